The number of amides is 1. The normalized spacial score (nSPS) is 23.0. The molecule has 0 bridgehead atoms. The van der Waals surface area contributed by atoms with E-state index in [1.54, 1.807) is 0 Å². The van der Waals surface area contributed by atoms with E-state index in [0.29, 0.717) is 19.5 Å². The summed E-state index contributed by atoms with van der Waals surface area (Å²) in [6, 6.07) is 1.63. The van der Waals surface area contributed by atoms with Crippen molar-refractivity contribution in [3.05, 3.63) is 21.9 Å². The smallest absolute Gasteiger partial charge is 0.238 e. The highest BCUT2D eigenvalue weighted by Gasteiger charge is 2.34. The van der Waals surface area contributed by atoms with Crippen LogP contribution < -0.4 is 5.32 Å². The summed E-state index contributed by atoms with van der Waals surface area (Å²) in [5.74, 6) is -0.159. The molecule has 1 atom stereocenters. The van der Waals surface area contributed by atoms with Crippen LogP contribution in [0, 0.1) is 0 Å². The molecule has 0 aliphatic carbocycles. The number of thiophene rings is 1. The van der Waals surface area contributed by atoms with Crippen LogP contribution in [0.1, 0.15) is 29.7 Å². The van der Waals surface area contributed by atoms with Gasteiger partial charge in [0.2, 0.25) is 15.9 Å². The molecule has 2 aliphatic rings. The Bertz CT molecular complexity index is 686. The van der Waals surface area contributed by atoms with Gasteiger partial charge in [-0.15, -0.1) is 11.3 Å². The zero-order valence-corrected chi connectivity index (χ0v) is 15.7. The third kappa shape index (κ3) is 4.17. The Balaban J connectivity index is 1.49. The van der Waals surface area contributed by atoms with Crippen LogP contribution in [0.2, 0.25) is 0 Å². The molecule has 2 aliphatic heterocycles. The Morgan fingerprint density at radius 3 is 3.00 bits per heavy atom. The lowest BCUT2D eigenvalue weighted by molar-refractivity contribution is -0.125. The fourth-order valence-electron chi connectivity index (χ4n) is 3.52. The molecule has 0 saturated carbocycles. The molecule has 24 heavy (non-hydrogen) atoms. The number of hydrogen-bond donors (Lipinski definition) is 1. The molecular weight excluding hydrogens is 346 g/mol. The lowest BCUT2D eigenvalue weighted by Gasteiger charge is -2.33. The number of fused-ring (bicyclic) bond motifs is 1. The predicted octanol–water partition coefficient (Wildman–Crippen LogP) is 1.04. The van der Waals surface area contributed by atoms with Crippen molar-refractivity contribution in [3.63, 3.8) is 0 Å². The number of nitrogens with one attached hydrogen (secondary N) is 1. The maximum atomic E-state index is 12.4. The van der Waals surface area contributed by atoms with Crippen molar-refractivity contribution in [3.8, 4) is 0 Å². The number of carbonyl (C=O) groups is 1. The molecule has 3 heterocycles. The Hall–Kier alpha value is -0.960. The van der Waals surface area contributed by atoms with Gasteiger partial charge in [-0.2, -0.15) is 4.31 Å². The third-order valence-corrected chi connectivity index (χ3v) is 7.11. The molecule has 8 heteroatoms. The summed E-state index contributed by atoms with van der Waals surface area (Å²) in [6.45, 7) is 3.76. The van der Waals surface area contributed by atoms with E-state index in [-0.39, 0.29) is 5.91 Å². The second-order valence-electron chi connectivity index (χ2n) is 6.57. The van der Waals surface area contributed by atoms with Gasteiger partial charge in [0.25, 0.3) is 0 Å². The second-order valence-corrected chi connectivity index (χ2v) is 9.51. The molecule has 1 saturated heterocycles. The van der Waals surface area contributed by atoms with Crippen LogP contribution in [-0.4, -0.2) is 62.0 Å². The average molecular weight is 372 g/mol. The van der Waals surface area contributed by atoms with Crippen molar-refractivity contribution in [2.24, 2.45) is 0 Å². The number of nitrogens with zero attached hydrogens (tertiary/aromatic N) is 2. The summed E-state index contributed by atoms with van der Waals surface area (Å²) in [5.41, 5.74) is 1.40. The SMILES string of the molecule is CS(=O)(=O)N1CCCCC1C(=O)NCCN1CCc2sccc2C1. The van der Waals surface area contributed by atoms with Crippen molar-refractivity contribution in [1.29, 1.82) is 0 Å². The topological polar surface area (TPSA) is 69.7 Å². The Kier molecular flexibility index (Phi) is 5.59. The molecule has 0 radical (unpaired) electrons. The van der Waals surface area contributed by atoms with Gasteiger partial charge in [-0.3, -0.25) is 9.69 Å². The Labute approximate surface area is 147 Å². The summed E-state index contributed by atoms with van der Waals surface area (Å²) >= 11 is 1.82. The van der Waals surface area contributed by atoms with Gasteiger partial charge in [0.1, 0.15) is 6.04 Å². The van der Waals surface area contributed by atoms with E-state index in [9.17, 15) is 13.2 Å². The highest BCUT2D eigenvalue weighted by molar-refractivity contribution is 7.88. The van der Waals surface area contributed by atoms with Crippen LogP contribution in [0.4, 0.5) is 0 Å². The predicted molar refractivity (Wildman–Crippen MR) is 95.5 cm³/mol. The van der Waals surface area contributed by atoms with E-state index in [4.69, 9.17) is 0 Å². The second kappa shape index (κ2) is 7.51. The number of sulfonamides is 1. The van der Waals surface area contributed by atoms with Gasteiger partial charge in [-0.1, -0.05) is 6.42 Å². The van der Waals surface area contributed by atoms with Crippen molar-refractivity contribution < 1.29 is 13.2 Å². The fraction of sp³-hybridized carbons (Fsp3) is 0.688. The van der Waals surface area contributed by atoms with Gasteiger partial charge < -0.3 is 5.32 Å². The molecule has 1 amide bonds. The average Bonchev–Trinajstić information content (AvgIpc) is 3.01. The van der Waals surface area contributed by atoms with Gasteiger partial charge >= 0.3 is 0 Å². The van der Waals surface area contributed by atoms with Crippen LogP contribution >= 0.6 is 11.3 Å². The summed E-state index contributed by atoms with van der Waals surface area (Å²) in [4.78, 5) is 16.2. The molecule has 1 fully saturated rings. The van der Waals surface area contributed by atoms with Crippen LogP contribution in [0.15, 0.2) is 11.4 Å². The van der Waals surface area contributed by atoms with Crippen molar-refractivity contribution in [2.45, 2.75) is 38.3 Å². The maximum absolute atomic E-state index is 12.4. The molecule has 0 spiro atoms. The Morgan fingerprint density at radius 2 is 2.21 bits per heavy atom. The summed E-state index contributed by atoms with van der Waals surface area (Å²) in [6.07, 6.45) is 4.60. The molecule has 1 aromatic heterocycles. The zero-order valence-electron chi connectivity index (χ0n) is 14.0. The zero-order chi connectivity index (χ0) is 17.2. The minimum Gasteiger partial charge on any atom is -0.353 e. The van der Waals surface area contributed by atoms with Crippen molar-refractivity contribution in [1.82, 2.24) is 14.5 Å². The van der Waals surface area contributed by atoms with Gasteiger partial charge in [0.15, 0.2) is 0 Å². The number of piperidine rings is 1. The quantitative estimate of drug-likeness (QED) is 0.840. The lowest BCUT2D eigenvalue weighted by Crippen LogP contribution is -2.52. The van der Waals surface area contributed by atoms with E-state index < -0.39 is 16.1 Å². The first-order valence-electron chi connectivity index (χ1n) is 8.47. The molecule has 3 rings (SSSR count). The highest BCUT2D eigenvalue weighted by atomic mass is 32.2. The minimum atomic E-state index is -3.33. The summed E-state index contributed by atoms with van der Waals surface area (Å²) in [7, 11) is -3.33. The monoisotopic (exact) mass is 371 g/mol. The van der Waals surface area contributed by atoms with E-state index in [2.05, 4.69) is 21.7 Å². The van der Waals surface area contributed by atoms with Crippen LogP contribution in [0.5, 0.6) is 0 Å². The van der Waals surface area contributed by atoms with Crippen molar-refractivity contribution >= 4 is 27.3 Å². The highest BCUT2D eigenvalue weighted by Crippen LogP contribution is 2.23. The van der Waals surface area contributed by atoms with E-state index in [1.807, 2.05) is 11.3 Å². The van der Waals surface area contributed by atoms with E-state index in [0.717, 1.165) is 38.9 Å². The first-order chi connectivity index (χ1) is 11.4. The van der Waals surface area contributed by atoms with Crippen LogP contribution in [0.25, 0.3) is 0 Å². The molecule has 1 unspecified atom stereocenters. The molecule has 1 N–H and O–H groups in total. The first-order valence-corrected chi connectivity index (χ1v) is 11.2. The summed E-state index contributed by atoms with van der Waals surface area (Å²) in [5, 5.41) is 5.07. The van der Waals surface area contributed by atoms with Crippen LogP contribution in [-0.2, 0) is 27.8 Å². The lowest BCUT2D eigenvalue weighted by atomic mass is 10.0. The molecule has 134 valence electrons. The molecule has 6 nitrogen and oxygen atoms in total. The number of carbonyl (C=O) groups excluding carboxylic acids is 1. The molecule has 1 aromatic rings. The number of hydrogen-bond acceptors (Lipinski definition) is 5. The molecular formula is C16H25N3O3S2. The maximum Gasteiger partial charge on any atom is 0.238 e. The van der Waals surface area contributed by atoms with Crippen molar-refractivity contribution in [2.75, 3.05) is 32.4 Å². The van der Waals surface area contributed by atoms with Gasteiger partial charge in [0, 0.05) is 37.6 Å². The van der Waals surface area contributed by atoms with Crippen LogP contribution in [0.3, 0.4) is 0 Å². The first kappa shape index (κ1) is 17.8. The van der Waals surface area contributed by atoms with Gasteiger partial charge in [-0.25, -0.2) is 8.42 Å². The molecule has 0 aromatic carbocycles. The van der Waals surface area contributed by atoms with Gasteiger partial charge in [-0.05, 0) is 36.3 Å². The fourth-order valence-corrected chi connectivity index (χ4v) is 5.53. The Morgan fingerprint density at radius 1 is 1.38 bits per heavy atom. The van der Waals surface area contributed by atoms with E-state index >= 15 is 0 Å². The van der Waals surface area contributed by atoms with Gasteiger partial charge in [0.05, 0.1) is 6.26 Å². The van der Waals surface area contributed by atoms with E-state index in [1.165, 1.54) is 21.0 Å². The minimum absolute atomic E-state index is 0.159. The number of rotatable bonds is 5. The summed E-state index contributed by atoms with van der Waals surface area (Å²) < 4.78 is 25.1. The standard InChI is InChI=1S/C16H25N3O3S2/c1-24(21,22)19-8-3-2-4-14(19)16(20)17-7-10-18-9-5-15-13(12-18)6-11-23-15/h6,11,14H,2-5,7-10,12H2,1H3,(H,17,20). The third-order valence-electron chi connectivity index (χ3n) is 4.80. The largest absolute Gasteiger partial charge is 0.353 e.